The molecule has 0 aromatic carbocycles. The smallest absolute Gasteiger partial charge is 0.314 e. The van der Waals surface area contributed by atoms with Crippen LogP contribution in [0.1, 0.15) is 0 Å². The van der Waals surface area contributed by atoms with Crippen molar-refractivity contribution >= 4 is 17.6 Å². The second-order valence-corrected chi connectivity index (χ2v) is 2.32. The predicted molar refractivity (Wildman–Crippen MR) is 46.5 cm³/mol. The summed E-state index contributed by atoms with van der Waals surface area (Å²) in [6, 6.07) is 0. The lowest BCUT2D eigenvalue weighted by Gasteiger charge is -1.98. The van der Waals surface area contributed by atoms with Crippen LogP contribution in [0.4, 0.5) is 0 Å². The van der Waals surface area contributed by atoms with E-state index in [2.05, 4.69) is 17.9 Å². The molecule has 1 unspecified atom stereocenters. The van der Waals surface area contributed by atoms with Crippen molar-refractivity contribution in [3.63, 3.8) is 0 Å². The molecule has 0 radical (unpaired) electrons. The van der Waals surface area contributed by atoms with Crippen molar-refractivity contribution < 1.29 is 14.6 Å². The number of halogens is 1. The Balaban J connectivity index is 4.02. The third-order valence-corrected chi connectivity index (χ3v) is 1.11. The van der Waals surface area contributed by atoms with E-state index in [0.717, 1.165) is 6.26 Å². The van der Waals surface area contributed by atoms with Crippen molar-refractivity contribution in [2.45, 2.75) is 0 Å². The van der Waals surface area contributed by atoms with Gasteiger partial charge in [0.05, 0.1) is 12.2 Å². The Morgan fingerprint density at radius 1 is 1.67 bits per heavy atom. The van der Waals surface area contributed by atoms with Crippen molar-refractivity contribution in [3.8, 4) is 0 Å². The summed E-state index contributed by atoms with van der Waals surface area (Å²) in [6.07, 6.45) is 3.75. The lowest BCUT2D eigenvalue weighted by molar-refractivity contribution is -0.138. The third-order valence-electron chi connectivity index (χ3n) is 1.02. The van der Waals surface area contributed by atoms with Crippen molar-refractivity contribution in [2.24, 2.45) is 5.92 Å². The molecule has 0 aromatic rings. The summed E-state index contributed by atoms with van der Waals surface area (Å²) < 4.78 is 4.60. The molecular weight excluding hydrogens is 180 g/mol. The lowest BCUT2D eigenvalue weighted by atomic mass is 10.1. The van der Waals surface area contributed by atoms with Crippen molar-refractivity contribution in [1.29, 1.82) is 0 Å². The van der Waals surface area contributed by atoms with Crippen LogP contribution in [0, 0.1) is 5.92 Å². The summed E-state index contributed by atoms with van der Waals surface area (Å²) in [7, 11) is 0. The first-order valence-electron chi connectivity index (χ1n) is 3.11. The van der Waals surface area contributed by atoms with Gasteiger partial charge in [-0.25, -0.2) is 0 Å². The van der Waals surface area contributed by atoms with Gasteiger partial charge < -0.3 is 9.84 Å². The van der Waals surface area contributed by atoms with Gasteiger partial charge in [-0.15, -0.1) is 6.58 Å². The highest BCUT2D eigenvalue weighted by Crippen LogP contribution is 2.04. The normalized spacial score (nSPS) is 12.4. The zero-order valence-corrected chi connectivity index (χ0v) is 7.12. The molecule has 4 heteroatoms. The number of carboxylic acid groups (broad SMARTS) is 1. The molecule has 1 N–H and O–H groups in total. The zero-order valence-electron chi connectivity index (χ0n) is 6.37. The first kappa shape index (κ1) is 10.8. The predicted octanol–water partition coefficient (Wildman–Crippen LogP) is 2.11. The highest BCUT2D eigenvalue weighted by molar-refractivity contribution is 6.28. The van der Waals surface area contributed by atoms with Gasteiger partial charge in [-0.05, 0) is 24.3 Å². The van der Waals surface area contributed by atoms with E-state index < -0.39 is 11.9 Å². The Kier molecular flexibility index (Phi) is 4.88. The molecule has 0 saturated carbocycles. The summed E-state index contributed by atoms with van der Waals surface area (Å²) in [4.78, 5) is 10.4. The number of carboxylic acids is 1. The molecule has 3 nitrogen and oxygen atoms in total. The van der Waals surface area contributed by atoms with Gasteiger partial charge in [-0.2, -0.15) is 0 Å². The molecule has 0 aromatic heterocycles. The fraction of sp³-hybridized carbons (Fsp3) is 0.125. The Bertz CT molecular complexity index is 220. The molecule has 0 aliphatic rings. The summed E-state index contributed by atoms with van der Waals surface area (Å²) in [5.74, 6) is -1.76. The van der Waals surface area contributed by atoms with Gasteiger partial charge in [0.1, 0.15) is 0 Å². The molecule has 0 heterocycles. The van der Waals surface area contributed by atoms with E-state index in [-0.39, 0.29) is 5.22 Å². The number of ether oxygens (including phenoxy) is 1. The summed E-state index contributed by atoms with van der Waals surface area (Å²) in [5, 5.41) is 8.49. The van der Waals surface area contributed by atoms with Gasteiger partial charge in [-0.3, -0.25) is 4.79 Å². The summed E-state index contributed by atoms with van der Waals surface area (Å²) in [5.41, 5.74) is 0. The molecule has 0 bridgehead atoms. The van der Waals surface area contributed by atoms with E-state index in [4.69, 9.17) is 16.7 Å². The van der Waals surface area contributed by atoms with Gasteiger partial charge in [-0.1, -0.05) is 6.08 Å². The largest absolute Gasteiger partial charge is 0.481 e. The Morgan fingerprint density at radius 3 is 2.58 bits per heavy atom. The van der Waals surface area contributed by atoms with Crippen LogP contribution in [-0.2, 0) is 9.53 Å². The lowest BCUT2D eigenvalue weighted by Crippen LogP contribution is -2.07. The van der Waals surface area contributed by atoms with E-state index in [9.17, 15) is 4.79 Å². The first-order valence-corrected chi connectivity index (χ1v) is 3.48. The van der Waals surface area contributed by atoms with Gasteiger partial charge in [0, 0.05) is 0 Å². The maximum Gasteiger partial charge on any atom is 0.314 e. The maximum absolute atomic E-state index is 10.4. The molecule has 0 aliphatic carbocycles. The summed E-state index contributed by atoms with van der Waals surface area (Å²) >= 11 is 5.24. The van der Waals surface area contributed by atoms with Gasteiger partial charge >= 0.3 is 5.97 Å². The first-order chi connectivity index (χ1) is 5.57. The molecule has 12 heavy (non-hydrogen) atoms. The van der Waals surface area contributed by atoms with Crippen LogP contribution in [0.3, 0.4) is 0 Å². The van der Waals surface area contributed by atoms with Crippen LogP contribution in [0.15, 0.2) is 36.8 Å². The molecule has 66 valence electrons. The van der Waals surface area contributed by atoms with Crippen LogP contribution >= 0.6 is 11.6 Å². The Hall–Kier alpha value is -1.22. The monoisotopic (exact) mass is 188 g/mol. The number of hydrogen-bond acceptors (Lipinski definition) is 2. The van der Waals surface area contributed by atoms with Crippen molar-refractivity contribution in [2.75, 3.05) is 0 Å². The molecule has 0 aliphatic heterocycles. The van der Waals surface area contributed by atoms with E-state index in [1.807, 2.05) is 0 Å². The molecule has 0 saturated heterocycles. The average Bonchev–Trinajstić information content (AvgIpc) is 1.96. The molecule has 0 amide bonds. The van der Waals surface area contributed by atoms with E-state index in [0.29, 0.717) is 0 Å². The molecule has 0 spiro atoms. The van der Waals surface area contributed by atoms with E-state index in [1.54, 1.807) is 0 Å². The SMILES string of the molecule is C=CC(C=COC(=C)Cl)C(=O)O. The van der Waals surface area contributed by atoms with Crippen molar-refractivity contribution in [1.82, 2.24) is 0 Å². The molecule has 1 atom stereocenters. The molecular formula is C8H9ClO3. The van der Waals surface area contributed by atoms with Crippen LogP contribution in [0.5, 0.6) is 0 Å². The second-order valence-electron chi connectivity index (χ2n) is 1.90. The number of rotatable bonds is 5. The number of hydrogen-bond donors (Lipinski definition) is 1. The second kappa shape index (κ2) is 5.43. The highest BCUT2D eigenvalue weighted by Gasteiger charge is 2.07. The van der Waals surface area contributed by atoms with E-state index in [1.165, 1.54) is 12.2 Å². The minimum atomic E-state index is -0.995. The quantitative estimate of drug-likeness (QED) is 0.531. The zero-order chi connectivity index (χ0) is 9.56. The fourth-order valence-electron chi connectivity index (χ4n) is 0.459. The van der Waals surface area contributed by atoms with Crippen molar-refractivity contribution in [3.05, 3.63) is 36.8 Å². The third kappa shape index (κ3) is 4.57. The Labute approximate surface area is 75.6 Å². The summed E-state index contributed by atoms with van der Waals surface area (Å²) in [6.45, 7) is 6.58. The fourth-order valence-corrected chi connectivity index (χ4v) is 0.511. The number of carbonyl (C=O) groups is 1. The van der Waals surface area contributed by atoms with Gasteiger partial charge in [0.25, 0.3) is 0 Å². The van der Waals surface area contributed by atoms with E-state index >= 15 is 0 Å². The molecule has 0 rings (SSSR count). The Morgan fingerprint density at radius 2 is 2.25 bits per heavy atom. The van der Waals surface area contributed by atoms with Crippen LogP contribution in [0.2, 0.25) is 0 Å². The maximum atomic E-state index is 10.4. The van der Waals surface area contributed by atoms with Crippen LogP contribution in [-0.4, -0.2) is 11.1 Å². The van der Waals surface area contributed by atoms with Crippen LogP contribution < -0.4 is 0 Å². The van der Waals surface area contributed by atoms with Crippen LogP contribution in [0.25, 0.3) is 0 Å². The molecule has 0 fully saturated rings. The highest BCUT2D eigenvalue weighted by atomic mass is 35.5. The topological polar surface area (TPSA) is 46.5 Å². The average molecular weight is 189 g/mol. The number of aliphatic carboxylic acids is 1. The van der Waals surface area contributed by atoms with Gasteiger partial charge in [0.15, 0.2) is 5.22 Å². The minimum Gasteiger partial charge on any atom is -0.481 e. The standard InChI is InChI=1S/C8H9ClO3/c1-3-7(8(10)11)4-5-12-6(2)9/h3-5,7H,1-2H2,(H,10,11). The minimum absolute atomic E-state index is 0.0144. The van der Waals surface area contributed by atoms with Gasteiger partial charge in [0.2, 0.25) is 0 Å².